The topological polar surface area (TPSA) is 100 Å². The summed E-state index contributed by atoms with van der Waals surface area (Å²) in [6, 6.07) is 13.0. The fourth-order valence-electron chi connectivity index (χ4n) is 3.34. The Balaban J connectivity index is 0.000000291. The van der Waals surface area contributed by atoms with Gasteiger partial charge in [0, 0.05) is 29.9 Å². The van der Waals surface area contributed by atoms with Gasteiger partial charge in [-0.1, -0.05) is 13.8 Å². The molecule has 1 aliphatic heterocycles. The van der Waals surface area contributed by atoms with Gasteiger partial charge >= 0.3 is 5.51 Å². The number of methoxy groups -OCH3 is 1. The van der Waals surface area contributed by atoms with Gasteiger partial charge in [0.2, 0.25) is 0 Å². The number of nitrogens with one attached hydrogen (secondary N) is 1. The molecule has 0 fully saturated rings. The maximum absolute atomic E-state index is 12.5. The first-order valence-corrected chi connectivity index (χ1v) is 12.0. The lowest BCUT2D eigenvalue weighted by Gasteiger charge is -2.28. The Morgan fingerprint density at radius 3 is 2.38 bits per heavy atom. The Labute approximate surface area is 217 Å². The molecule has 1 N–H and O–H groups in total. The number of fused-ring (bicyclic) bond motifs is 1. The number of hydrogen-bond acceptors (Lipinski definition) is 7. The van der Waals surface area contributed by atoms with E-state index >= 15 is 0 Å². The molecule has 0 saturated carbocycles. The van der Waals surface area contributed by atoms with E-state index in [2.05, 4.69) is 16.5 Å². The minimum Gasteiger partial charge on any atom is -0.495 e. The number of aromatic nitrogens is 2. The minimum absolute atomic E-state index is 0.0457. The maximum atomic E-state index is 12.5. The van der Waals surface area contributed by atoms with Crippen molar-refractivity contribution >= 4 is 35.3 Å². The molecule has 1 aliphatic rings. The molecule has 2 heterocycles. The van der Waals surface area contributed by atoms with Crippen LogP contribution in [0.1, 0.15) is 40.3 Å². The Kier molecular flexibility index (Phi) is 10.6. The second-order valence-electron chi connectivity index (χ2n) is 7.06. The molecule has 0 aliphatic carbocycles. The maximum Gasteiger partial charge on any atom is 0.446 e. The summed E-state index contributed by atoms with van der Waals surface area (Å²) >= 11 is -0.211. The van der Waals surface area contributed by atoms with Crippen LogP contribution in [0.15, 0.2) is 53.6 Å². The smallest absolute Gasteiger partial charge is 0.446 e. The molecule has 0 bridgehead atoms. The molecular weight excluding hydrogens is 507 g/mol. The number of ether oxygens (including phenoxy) is 1. The highest BCUT2D eigenvalue weighted by Crippen LogP contribution is 2.37. The molecule has 4 rings (SSSR count). The van der Waals surface area contributed by atoms with Crippen LogP contribution in [0, 0.1) is 11.3 Å². The quantitative estimate of drug-likeness (QED) is 0.336. The second-order valence-corrected chi connectivity index (χ2v) is 8.20. The predicted molar refractivity (Wildman–Crippen MR) is 136 cm³/mol. The van der Waals surface area contributed by atoms with Crippen LogP contribution < -0.4 is 15.0 Å². The summed E-state index contributed by atoms with van der Waals surface area (Å²) in [4.78, 5) is 24.9. The molecule has 0 radical (unpaired) electrons. The summed E-state index contributed by atoms with van der Waals surface area (Å²) in [5.74, 6) is 0.212. The fourth-order valence-corrected chi connectivity index (χ4v) is 3.88. The molecule has 2 aromatic carbocycles. The lowest BCUT2D eigenvalue weighted by molar-refractivity contribution is -0.0328. The molecule has 196 valence electrons. The third-order valence-electron chi connectivity index (χ3n) is 4.97. The van der Waals surface area contributed by atoms with Crippen molar-refractivity contribution in [3.8, 4) is 11.8 Å². The number of halogens is 3. The first kappa shape index (κ1) is 29.3. The van der Waals surface area contributed by atoms with E-state index in [9.17, 15) is 22.8 Å². The molecule has 12 heteroatoms. The SMILES string of the molecule is CC.CNc1ccc(OC)c(C#N)c1.O=Cc1cnn2c1C(=O)N(c1ccc(SC(F)(F)F)cc1)CC2. The number of alkyl halides is 3. The van der Waals surface area contributed by atoms with E-state index in [1.165, 1.54) is 40.0 Å². The van der Waals surface area contributed by atoms with Gasteiger partial charge in [0.25, 0.3) is 5.91 Å². The average Bonchev–Trinajstić information content (AvgIpc) is 3.34. The van der Waals surface area contributed by atoms with Crippen LogP contribution in [0.2, 0.25) is 0 Å². The van der Waals surface area contributed by atoms with Crippen LogP contribution in [-0.2, 0) is 6.54 Å². The summed E-state index contributed by atoms with van der Waals surface area (Å²) in [6.07, 6.45) is 1.89. The van der Waals surface area contributed by atoms with E-state index in [0.717, 1.165) is 5.69 Å². The summed E-state index contributed by atoms with van der Waals surface area (Å²) in [5.41, 5.74) is -2.03. The molecular formula is C25H26F3N5O3S. The van der Waals surface area contributed by atoms with Gasteiger partial charge in [-0.05, 0) is 54.2 Å². The van der Waals surface area contributed by atoms with E-state index in [1.54, 1.807) is 19.2 Å². The van der Waals surface area contributed by atoms with Crippen molar-refractivity contribution in [1.82, 2.24) is 9.78 Å². The lowest BCUT2D eigenvalue weighted by Crippen LogP contribution is -2.41. The van der Waals surface area contributed by atoms with Gasteiger partial charge in [0.05, 0.1) is 31.0 Å². The van der Waals surface area contributed by atoms with Gasteiger partial charge in [0.15, 0.2) is 6.29 Å². The van der Waals surface area contributed by atoms with Crippen LogP contribution in [0.3, 0.4) is 0 Å². The number of benzene rings is 2. The van der Waals surface area contributed by atoms with Gasteiger partial charge in [-0.25, -0.2) is 0 Å². The number of amides is 1. The Morgan fingerprint density at radius 1 is 1.16 bits per heavy atom. The Morgan fingerprint density at radius 2 is 1.84 bits per heavy atom. The molecule has 1 amide bonds. The van der Waals surface area contributed by atoms with Gasteiger partial charge in [-0.15, -0.1) is 0 Å². The number of carbonyl (C=O) groups excluding carboxylic acids is 2. The third-order valence-corrected chi connectivity index (χ3v) is 5.71. The minimum atomic E-state index is -4.35. The molecule has 37 heavy (non-hydrogen) atoms. The van der Waals surface area contributed by atoms with E-state index in [0.29, 0.717) is 36.4 Å². The van der Waals surface area contributed by atoms with Crippen molar-refractivity contribution < 1.29 is 27.5 Å². The van der Waals surface area contributed by atoms with Gasteiger partial charge < -0.3 is 15.0 Å². The lowest BCUT2D eigenvalue weighted by atomic mass is 10.2. The molecule has 0 spiro atoms. The van der Waals surface area contributed by atoms with Crippen molar-refractivity contribution in [2.24, 2.45) is 0 Å². The van der Waals surface area contributed by atoms with Crippen molar-refractivity contribution in [1.29, 1.82) is 5.26 Å². The van der Waals surface area contributed by atoms with Crippen LogP contribution in [-0.4, -0.2) is 48.2 Å². The molecule has 0 atom stereocenters. The number of anilines is 2. The summed E-state index contributed by atoms with van der Waals surface area (Å²) in [5, 5.41) is 15.6. The van der Waals surface area contributed by atoms with Gasteiger partial charge in [-0.2, -0.15) is 23.5 Å². The van der Waals surface area contributed by atoms with Crippen molar-refractivity contribution in [2.75, 3.05) is 30.9 Å². The standard InChI is InChI=1S/C14H10F3N3O2S.C9H10N2O.C2H6/c15-14(16,17)23-11-3-1-10(2-4-11)19-5-6-20-12(13(19)22)9(8-21)7-18-20;1-11-8-3-4-9(12-2)7(5-8)6-10;1-2/h1-4,7-8H,5-6H2;3-5,11H,1-2H3;1-2H3. The predicted octanol–water partition coefficient (Wildman–Crippen LogP) is 5.60. The Bertz CT molecular complexity index is 1250. The Hall–Kier alpha value is -3.98. The number of aldehydes is 1. The van der Waals surface area contributed by atoms with Gasteiger partial charge in [-0.3, -0.25) is 14.3 Å². The average molecular weight is 534 g/mol. The second kappa shape index (κ2) is 13.4. The zero-order valence-electron chi connectivity index (χ0n) is 20.7. The highest BCUT2D eigenvalue weighted by atomic mass is 32.2. The van der Waals surface area contributed by atoms with E-state index in [-0.39, 0.29) is 27.9 Å². The van der Waals surface area contributed by atoms with E-state index in [1.807, 2.05) is 27.0 Å². The summed E-state index contributed by atoms with van der Waals surface area (Å²) in [7, 11) is 3.36. The highest BCUT2D eigenvalue weighted by Gasteiger charge is 2.31. The highest BCUT2D eigenvalue weighted by molar-refractivity contribution is 8.00. The molecule has 8 nitrogen and oxygen atoms in total. The number of nitrogens with zero attached hydrogens (tertiary/aromatic N) is 4. The first-order valence-electron chi connectivity index (χ1n) is 11.1. The monoisotopic (exact) mass is 533 g/mol. The van der Waals surface area contributed by atoms with Crippen LogP contribution in [0.25, 0.3) is 0 Å². The summed E-state index contributed by atoms with van der Waals surface area (Å²) < 4.78 is 43.4. The normalized spacial score (nSPS) is 12.2. The molecule has 3 aromatic rings. The molecule has 1 aromatic heterocycles. The fraction of sp³-hybridized carbons (Fsp3) is 0.280. The summed E-state index contributed by atoms with van der Waals surface area (Å²) in [6.45, 7) is 4.74. The first-order chi connectivity index (χ1) is 17.7. The number of hydrogen-bond donors (Lipinski definition) is 1. The van der Waals surface area contributed by atoms with Crippen LogP contribution in [0.4, 0.5) is 24.5 Å². The van der Waals surface area contributed by atoms with Crippen LogP contribution in [0.5, 0.6) is 5.75 Å². The zero-order chi connectivity index (χ0) is 27.6. The number of thioether (sulfide) groups is 1. The van der Waals surface area contributed by atoms with E-state index < -0.39 is 11.4 Å². The third kappa shape index (κ3) is 7.50. The molecule has 0 saturated heterocycles. The number of carbonyl (C=O) groups is 2. The van der Waals surface area contributed by atoms with Crippen molar-refractivity contribution in [3.05, 3.63) is 65.5 Å². The largest absolute Gasteiger partial charge is 0.495 e. The number of nitriles is 1. The number of rotatable bonds is 5. The van der Waals surface area contributed by atoms with Gasteiger partial charge in [0.1, 0.15) is 17.5 Å². The van der Waals surface area contributed by atoms with Crippen molar-refractivity contribution in [3.63, 3.8) is 0 Å². The van der Waals surface area contributed by atoms with E-state index in [4.69, 9.17) is 10.00 Å². The van der Waals surface area contributed by atoms with Crippen molar-refractivity contribution in [2.45, 2.75) is 30.8 Å². The molecule has 0 unspecified atom stereocenters. The zero-order valence-corrected chi connectivity index (χ0v) is 21.5. The van der Waals surface area contributed by atoms with Crippen LogP contribution >= 0.6 is 11.8 Å².